The van der Waals surface area contributed by atoms with Crippen LogP contribution in [0.2, 0.25) is 0 Å². The van der Waals surface area contributed by atoms with Crippen LogP contribution in [0.1, 0.15) is 12.8 Å². The summed E-state index contributed by atoms with van der Waals surface area (Å²) in [5.74, 6) is -0.974. The van der Waals surface area contributed by atoms with E-state index in [1.807, 2.05) is 0 Å². The average Bonchev–Trinajstić information content (AvgIpc) is 2.10. The Kier molecular flexibility index (Phi) is 6.21. The Morgan fingerprint density at radius 3 is 2.62 bits per heavy atom. The summed E-state index contributed by atoms with van der Waals surface area (Å²) in [6.07, 6.45) is 3.25. The van der Waals surface area contributed by atoms with E-state index in [2.05, 4.69) is 9.98 Å². The highest BCUT2D eigenvalue weighted by molar-refractivity contribution is 5.75. The van der Waals surface area contributed by atoms with Gasteiger partial charge in [0, 0.05) is 6.54 Å². The van der Waals surface area contributed by atoms with Crippen molar-refractivity contribution in [3.8, 4) is 0 Å². The Hall–Kier alpha value is -1.59. The lowest BCUT2D eigenvalue weighted by atomic mass is 10.2. The van der Waals surface area contributed by atoms with E-state index < -0.39 is 12.0 Å². The van der Waals surface area contributed by atoms with Gasteiger partial charge in [0.1, 0.15) is 6.04 Å². The molecule has 0 aromatic carbocycles. The molecule has 0 amide bonds. The van der Waals surface area contributed by atoms with Gasteiger partial charge in [-0.1, -0.05) is 0 Å². The molecule has 0 unspecified atom stereocenters. The van der Waals surface area contributed by atoms with Crippen LogP contribution in [0.3, 0.4) is 0 Å². The summed E-state index contributed by atoms with van der Waals surface area (Å²) >= 11 is 0. The molecule has 0 aliphatic carbocycles. The predicted octanol–water partition coefficient (Wildman–Crippen LogP) is -0.806. The third-order valence-corrected chi connectivity index (χ3v) is 1.42. The summed E-state index contributed by atoms with van der Waals surface area (Å²) in [7, 11) is 0. The van der Waals surface area contributed by atoms with Crippen LogP contribution in [-0.4, -0.2) is 36.3 Å². The second kappa shape index (κ2) is 7.08. The Morgan fingerprint density at radius 2 is 2.15 bits per heavy atom. The zero-order valence-electron chi connectivity index (χ0n) is 7.26. The molecule has 0 saturated carbocycles. The SMILES string of the molecule is NC=NCCC[C@H](N=CN)C(=O)O. The van der Waals surface area contributed by atoms with Crippen molar-refractivity contribution in [3.05, 3.63) is 0 Å². The van der Waals surface area contributed by atoms with E-state index in [-0.39, 0.29) is 0 Å². The molecule has 13 heavy (non-hydrogen) atoms. The van der Waals surface area contributed by atoms with Gasteiger partial charge in [0.05, 0.1) is 12.7 Å². The van der Waals surface area contributed by atoms with Gasteiger partial charge in [0.15, 0.2) is 0 Å². The Labute approximate surface area is 76.4 Å². The van der Waals surface area contributed by atoms with Crippen LogP contribution < -0.4 is 11.5 Å². The first-order valence-corrected chi connectivity index (χ1v) is 3.88. The van der Waals surface area contributed by atoms with Crippen molar-refractivity contribution < 1.29 is 9.90 Å². The number of carbonyl (C=O) groups is 1. The van der Waals surface area contributed by atoms with Gasteiger partial charge in [-0.25, -0.2) is 4.79 Å². The summed E-state index contributed by atoms with van der Waals surface area (Å²) in [5, 5.41) is 8.63. The summed E-state index contributed by atoms with van der Waals surface area (Å²) < 4.78 is 0. The lowest BCUT2D eigenvalue weighted by Gasteiger charge is -2.04. The molecule has 0 radical (unpaired) electrons. The predicted molar refractivity (Wildman–Crippen MR) is 50.9 cm³/mol. The average molecular weight is 186 g/mol. The number of nitrogens with zero attached hydrogens (tertiary/aromatic N) is 2. The zero-order valence-corrected chi connectivity index (χ0v) is 7.26. The van der Waals surface area contributed by atoms with Gasteiger partial charge >= 0.3 is 5.97 Å². The molecule has 0 aliphatic rings. The van der Waals surface area contributed by atoms with Gasteiger partial charge < -0.3 is 16.6 Å². The van der Waals surface area contributed by atoms with Crippen molar-refractivity contribution in [1.82, 2.24) is 0 Å². The van der Waals surface area contributed by atoms with Crippen LogP contribution in [0, 0.1) is 0 Å². The third kappa shape index (κ3) is 5.66. The maximum absolute atomic E-state index is 10.5. The fourth-order valence-electron chi connectivity index (χ4n) is 0.816. The van der Waals surface area contributed by atoms with Crippen LogP contribution in [-0.2, 0) is 4.79 Å². The second-order valence-electron chi connectivity index (χ2n) is 2.35. The first-order valence-electron chi connectivity index (χ1n) is 3.88. The van der Waals surface area contributed by atoms with Gasteiger partial charge in [0.2, 0.25) is 0 Å². The quantitative estimate of drug-likeness (QED) is 0.286. The number of carboxylic acid groups (broad SMARTS) is 1. The minimum atomic E-state index is -0.974. The highest BCUT2D eigenvalue weighted by atomic mass is 16.4. The van der Waals surface area contributed by atoms with E-state index in [1.165, 1.54) is 6.34 Å². The van der Waals surface area contributed by atoms with E-state index in [4.69, 9.17) is 16.6 Å². The number of aliphatic carboxylic acids is 1. The summed E-state index contributed by atoms with van der Waals surface area (Å²) in [5.41, 5.74) is 10.00. The van der Waals surface area contributed by atoms with Gasteiger partial charge in [-0.2, -0.15) is 0 Å². The Bertz CT molecular complexity index is 203. The monoisotopic (exact) mass is 186 g/mol. The van der Waals surface area contributed by atoms with E-state index in [0.29, 0.717) is 19.4 Å². The summed E-state index contributed by atoms with van der Waals surface area (Å²) in [4.78, 5) is 17.9. The second-order valence-corrected chi connectivity index (χ2v) is 2.35. The Balaban J connectivity index is 3.76. The zero-order chi connectivity index (χ0) is 10.1. The minimum absolute atomic E-state index is 0.417. The molecule has 6 heteroatoms. The van der Waals surface area contributed by atoms with Crippen LogP contribution in [0.5, 0.6) is 0 Å². The van der Waals surface area contributed by atoms with E-state index in [1.54, 1.807) is 0 Å². The van der Waals surface area contributed by atoms with Crippen LogP contribution in [0.25, 0.3) is 0 Å². The largest absolute Gasteiger partial charge is 0.480 e. The smallest absolute Gasteiger partial charge is 0.328 e. The normalized spacial score (nSPS) is 13.8. The van der Waals surface area contributed by atoms with E-state index in [0.717, 1.165) is 6.34 Å². The maximum Gasteiger partial charge on any atom is 0.328 e. The molecule has 0 aromatic rings. The van der Waals surface area contributed by atoms with Crippen LogP contribution in [0.15, 0.2) is 9.98 Å². The van der Waals surface area contributed by atoms with Gasteiger partial charge in [-0.05, 0) is 12.8 Å². The number of nitrogens with two attached hydrogens (primary N) is 2. The van der Waals surface area contributed by atoms with Crippen molar-refractivity contribution in [2.75, 3.05) is 6.54 Å². The molecular formula is C7H14N4O2. The first-order chi connectivity index (χ1) is 6.22. The van der Waals surface area contributed by atoms with E-state index in [9.17, 15) is 4.79 Å². The number of hydrogen-bond acceptors (Lipinski definition) is 3. The molecule has 6 nitrogen and oxygen atoms in total. The number of carboxylic acids is 1. The maximum atomic E-state index is 10.5. The fraction of sp³-hybridized carbons (Fsp3) is 0.571. The fourth-order valence-corrected chi connectivity index (χ4v) is 0.816. The highest BCUT2D eigenvalue weighted by Crippen LogP contribution is 2.01. The summed E-state index contributed by atoms with van der Waals surface area (Å²) in [6.45, 7) is 0.514. The molecule has 5 N–H and O–H groups in total. The molecule has 0 saturated heterocycles. The molecule has 0 rings (SSSR count). The third-order valence-electron chi connectivity index (χ3n) is 1.42. The summed E-state index contributed by atoms with van der Waals surface area (Å²) in [6, 6.07) is -0.766. The molecule has 0 aromatic heterocycles. The van der Waals surface area contributed by atoms with Crippen molar-refractivity contribution >= 4 is 18.6 Å². The van der Waals surface area contributed by atoms with Gasteiger partial charge in [-0.15, -0.1) is 0 Å². The standard InChI is InChI=1S/C7H14N4O2/c8-4-10-3-1-2-6(7(12)13)11-5-9/h4-6H,1-3H2,(H2,8,10)(H2,9,11)(H,12,13)/t6-/m0/s1. The molecular weight excluding hydrogens is 172 g/mol. The molecule has 74 valence electrons. The number of rotatable bonds is 6. The molecule has 1 atom stereocenters. The van der Waals surface area contributed by atoms with Crippen LogP contribution >= 0.6 is 0 Å². The van der Waals surface area contributed by atoms with E-state index >= 15 is 0 Å². The number of aliphatic imine (C=N–C) groups is 2. The van der Waals surface area contributed by atoms with Gasteiger partial charge in [-0.3, -0.25) is 9.98 Å². The molecule has 0 spiro atoms. The van der Waals surface area contributed by atoms with Crippen molar-refractivity contribution in [1.29, 1.82) is 0 Å². The van der Waals surface area contributed by atoms with Crippen molar-refractivity contribution in [2.24, 2.45) is 21.5 Å². The topological polar surface area (TPSA) is 114 Å². The van der Waals surface area contributed by atoms with Crippen LogP contribution in [0.4, 0.5) is 0 Å². The number of hydrogen-bond donors (Lipinski definition) is 3. The molecule has 0 aliphatic heterocycles. The molecule has 0 bridgehead atoms. The molecule has 0 heterocycles. The highest BCUT2D eigenvalue weighted by Gasteiger charge is 2.13. The lowest BCUT2D eigenvalue weighted by molar-refractivity contribution is -0.138. The first kappa shape index (κ1) is 11.4. The van der Waals surface area contributed by atoms with Crippen molar-refractivity contribution in [2.45, 2.75) is 18.9 Å². The minimum Gasteiger partial charge on any atom is -0.480 e. The molecule has 0 fully saturated rings. The van der Waals surface area contributed by atoms with Crippen molar-refractivity contribution in [3.63, 3.8) is 0 Å². The lowest BCUT2D eigenvalue weighted by Crippen LogP contribution is -2.19. The Morgan fingerprint density at radius 1 is 1.46 bits per heavy atom. The van der Waals surface area contributed by atoms with Gasteiger partial charge in [0.25, 0.3) is 0 Å².